The fourth-order valence-electron chi connectivity index (χ4n) is 1.71. The maximum Gasteiger partial charge on any atom is 0.201 e. The minimum atomic E-state index is -0.348. The molecule has 0 atom stereocenters. The SMILES string of the molecule is CCN(CC)Cc1cccc(N/N=C(\C#N)C(=N)N)c1. The highest BCUT2D eigenvalue weighted by Gasteiger charge is 2.03. The zero-order valence-corrected chi connectivity index (χ0v) is 11.8. The van der Waals surface area contributed by atoms with Crippen LogP contribution in [0.3, 0.4) is 0 Å². The van der Waals surface area contributed by atoms with Gasteiger partial charge in [-0.1, -0.05) is 26.0 Å². The third-order valence-corrected chi connectivity index (χ3v) is 2.89. The molecule has 0 unspecified atom stereocenters. The molecule has 4 N–H and O–H groups in total. The Labute approximate surface area is 119 Å². The lowest BCUT2D eigenvalue weighted by Gasteiger charge is -2.18. The molecular weight excluding hydrogens is 252 g/mol. The van der Waals surface area contributed by atoms with E-state index >= 15 is 0 Å². The van der Waals surface area contributed by atoms with Gasteiger partial charge in [-0.15, -0.1) is 0 Å². The predicted molar refractivity (Wildman–Crippen MR) is 81.7 cm³/mol. The number of rotatable bonds is 7. The van der Waals surface area contributed by atoms with E-state index in [2.05, 4.69) is 29.3 Å². The summed E-state index contributed by atoms with van der Waals surface area (Å²) in [5.74, 6) is -0.348. The van der Waals surface area contributed by atoms with Gasteiger partial charge in [-0.25, -0.2) is 0 Å². The van der Waals surface area contributed by atoms with Crippen molar-refractivity contribution < 1.29 is 0 Å². The second-order valence-electron chi connectivity index (χ2n) is 4.26. The average Bonchev–Trinajstić information content (AvgIpc) is 2.45. The van der Waals surface area contributed by atoms with Crippen molar-refractivity contribution in [1.29, 1.82) is 10.7 Å². The van der Waals surface area contributed by atoms with E-state index in [1.54, 1.807) is 6.07 Å². The Balaban J connectivity index is 2.79. The van der Waals surface area contributed by atoms with Crippen LogP contribution in [-0.4, -0.2) is 29.5 Å². The van der Waals surface area contributed by atoms with Crippen LogP contribution in [0.1, 0.15) is 19.4 Å². The van der Waals surface area contributed by atoms with E-state index in [-0.39, 0.29) is 11.5 Å². The smallest absolute Gasteiger partial charge is 0.201 e. The summed E-state index contributed by atoms with van der Waals surface area (Å²) >= 11 is 0. The van der Waals surface area contributed by atoms with Gasteiger partial charge in [0.25, 0.3) is 0 Å². The van der Waals surface area contributed by atoms with E-state index in [1.165, 1.54) is 0 Å². The van der Waals surface area contributed by atoms with Crippen LogP contribution in [0, 0.1) is 16.7 Å². The first-order valence-corrected chi connectivity index (χ1v) is 6.50. The Hall–Kier alpha value is -2.39. The largest absolute Gasteiger partial charge is 0.382 e. The number of nitrogens with zero attached hydrogens (tertiary/aromatic N) is 3. The van der Waals surface area contributed by atoms with Crippen molar-refractivity contribution in [3.05, 3.63) is 29.8 Å². The number of benzene rings is 1. The van der Waals surface area contributed by atoms with Crippen molar-refractivity contribution in [2.45, 2.75) is 20.4 Å². The summed E-state index contributed by atoms with van der Waals surface area (Å²) < 4.78 is 0. The maximum absolute atomic E-state index is 8.76. The van der Waals surface area contributed by atoms with E-state index in [0.717, 1.165) is 30.9 Å². The molecule has 0 aliphatic heterocycles. The van der Waals surface area contributed by atoms with Gasteiger partial charge in [-0.3, -0.25) is 15.7 Å². The van der Waals surface area contributed by atoms with E-state index in [4.69, 9.17) is 16.4 Å². The number of anilines is 1. The van der Waals surface area contributed by atoms with Gasteiger partial charge in [0.1, 0.15) is 6.07 Å². The van der Waals surface area contributed by atoms with Gasteiger partial charge in [0, 0.05) is 6.54 Å². The fourth-order valence-corrected chi connectivity index (χ4v) is 1.71. The molecular formula is C14H20N6. The summed E-state index contributed by atoms with van der Waals surface area (Å²) in [6.07, 6.45) is 0. The summed E-state index contributed by atoms with van der Waals surface area (Å²) in [5, 5.41) is 19.8. The van der Waals surface area contributed by atoms with Crippen LogP contribution < -0.4 is 11.2 Å². The molecule has 20 heavy (non-hydrogen) atoms. The summed E-state index contributed by atoms with van der Waals surface area (Å²) in [6.45, 7) is 7.11. The Morgan fingerprint density at radius 2 is 2.15 bits per heavy atom. The molecule has 0 amide bonds. The van der Waals surface area contributed by atoms with Gasteiger partial charge in [-0.2, -0.15) is 10.4 Å². The van der Waals surface area contributed by atoms with Gasteiger partial charge in [0.05, 0.1) is 5.69 Å². The van der Waals surface area contributed by atoms with E-state index < -0.39 is 0 Å². The highest BCUT2D eigenvalue weighted by molar-refractivity contribution is 6.45. The first-order chi connectivity index (χ1) is 9.60. The number of nitrogens with one attached hydrogen (secondary N) is 2. The molecule has 0 spiro atoms. The third-order valence-electron chi connectivity index (χ3n) is 2.89. The molecule has 0 radical (unpaired) electrons. The molecule has 106 valence electrons. The molecule has 0 fully saturated rings. The van der Waals surface area contributed by atoms with E-state index in [9.17, 15) is 0 Å². The van der Waals surface area contributed by atoms with E-state index in [1.807, 2.05) is 24.3 Å². The first-order valence-electron chi connectivity index (χ1n) is 6.50. The molecule has 1 rings (SSSR count). The van der Waals surface area contributed by atoms with Crippen LogP contribution in [0.2, 0.25) is 0 Å². The summed E-state index contributed by atoms with van der Waals surface area (Å²) in [6, 6.07) is 9.56. The molecule has 0 aliphatic rings. The average molecular weight is 272 g/mol. The number of hydrogen-bond acceptors (Lipinski definition) is 5. The number of nitrogens with two attached hydrogens (primary N) is 1. The Morgan fingerprint density at radius 3 is 2.70 bits per heavy atom. The highest BCUT2D eigenvalue weighted by atomic mass is 15.3. The van der Waals surface area contributed by atoms with E-state index in [0.29, 0.717) is 0 Å². The standard InChI is InChI=1S/C14H20N6/c1-3-20(4-2)10-11-6-5-7-12(8-11)18-19-13(9-15)14(16)17/h5-8,18H,3-4,10H2,1-2H3,(H3,16,17)/b19-13+. The van der Waals surface area contributed by atoms with Crippen LogP contribution in [0.5, 0.6) is 0 Å². The van der Waals surface area contributed by atoms with Crippen molar-refractivity contribution in [2.75, 3.05) is 18.5 Å². The summed E-state index contributed by atoms with van der Waals surface area (Å²) in [7, 11) is 0. The van der Waals surface area contributed by atoms with Crippen molar-refractivity contribution >= 4 is 17.2 Å². The van der Waals surface area contributed by atoms with Crippen LogP contribution in [-0.2, 0) is 6.54 Å². The normalized spacial score (nSPS) is 11.2. The van der Waals surface area contributed by atoms with Gasteiger partial charge in [0.2, 0.25) is 5.71 Å². The molecule has 1 aromatic rings. The predicted octanol–water partition coefficient (Wildman–Crippen LogP) is 1.76. The Kier molecular flexibility index (Phi) is 6.20. The molecule has 0 bridgehead atoms. The Bertz CT molecular complexity index is 525. The van der Waals surface area contributed by atoms with Crippen molar-refractivity contribution in [2.24, 2.45) is 10.8 Å². The summed E-state index contributed by atoms with van der Waals surface area (Å²) in [4.78, 5) is 2.30. The lowest BCUT2D eigenvalue weighted by molar-refractivity contribution is 0.296. The molecule has 0 aromatic heterocycles. The first kappa shape index (κ1) is 15.7. The van der Waals surface area contributed by atoms with Crippen molar-refractivity contribution in [1.82, 2.24) is 4.90 Å². The molecule has 0 saturated carbocycles. The van der Waals surface area contributed by atoms with Crippen LogP contribution in [0.4, 0.5) is 5.69 Å². The van der Waals surface area contributed by atoms with Gasteiger partial charge in [0.15, 0.2) is 5.84 Å². The molecule has 6 heteroatoms. The second kappa shape index (κ2) is 7.92. The summed E-state index contributed by atoms with van der Waals surface area (Å²) in [5.41, 5.74) is 9.78. The zero-order chi connectivity index (χ0) is 15.0. The quantitative estimate of drug-likeness (QED) is 0.400. The highest BCUT2D eigenvalue weighted by Crippen LogP contribution is 2.12. The monoisotopic (exact) mass is 272 g/mol. The van der Waals surface area contributed by atoms with Crippen molar-refractivity contribution in [3.8, 4) is 6.07 Å². The molecule has 6 nitrogen and oxygen atoms in total. The van der Waals surface area contributed by atoms with Gasteiger partial charge in [-0.05, 0) is 30.8 Å². The molecule has 1 aromatic carbocycles. The number of amidine groups is 1. The lowest BCUT2D eigenvalue weighted by Crippen LogP contribution is -2.22. The van der Waals surface area contributed by atoms with Crippen LogP contribution in [0.25, 0.3) is 0 Å². The minimum absolute atomic E-state index is 0.126. The zero-order valence-electron chi connectivity index (χ0n) is 11.8. The maximum atomic E-state index is 8.76. The Morgan fingerprint density at radius 1 is 1.45 bits per heavy atom. The van der Waals surface area contributed by atoms with Crippen molar-refractivity contribution in [3.63, 3.8) is 0 Å². The number of nitriles is 1. The van der Waals surface area contributed by atoms with Crippen LogP contribution in [0.15, 0.2) is 29.4 Å². The molecule has 0 aliphatic carbocycles. The lowest BCUT2D eigenvalue weighted by atomic mass is 10.2. The van der Waals surface area contributed by atoms with Crippen LogP contribution >= 0.6 is 0 Å². The topological polar surface area (TPSA) is 101 Å². The van der Waals surface area contributed by atoms with Gasteiger partial charge >= 0.3 is 0 Å². The second-order valence-corrected chi connectivity index (χ2v) is 4.26. The number of hydrazone groups is 1. The third kappa shape index (κ3) is 4.71. The van der Waals surface area contributed by atoms with Gasteiger partial charge < -0.3 is 5.73 Å². The fraction of sp³-hybridized carbons (Fsp3) is 0.357. The number of hydrogen-bond donors (Lipinski definition) is 3. The molecule has 0 heterocycles. The molecule has 0 saturated heterocycles. The minimum Gasteiger partial charge on any atom is -0.382 e.